The van der Waals surface area contributed by atoms with Crippen LogP contribution in [-0.4, -0.2) is 82.7 Å². The molecule has 0 aliphatic carbocycles. The van der Waals surface area contributed by atoms with E-state index in [1.807, 2.05) is 6.92 Å². The topological polar surface area (TPSA) is 149 Å². The first kappa shape index (κ1) is 29.9. The Morgan fingerprint density at radius 2 is 1.74 bits per heavy atom. The number of ether oxygens (including phenoxy) is 1. The average Bonchev–Trinajstić information content (AvgIpc) is 3.18. The Morgan fingerprint density at radius 3 is 2.31 bits per heavy atom. The Hall–Kier alpha value is -3.67. The maximum atomic E-state index is 13.3. The lowest BCUT2D eigenvalue weighted by atomic mass is 10.00. The van der Waals surface area contributed by atoms with Crippen LogP contribution in [0, 0.1) is 12.8 Å². The quantitative estimate of drug-likeness (QED) is 0.290. The Morgan fingerprint density at radius 1 is 1.10 bits per heavy atom. The predicted molar refractivity (Wildman–Crippen MR) is 144 cm³/mol. The van der Waals surface area contributed by atoms with Crippen molar-refractivity contribution in [1.29, 1.82) is 0 Å². The van der Waals surface area contributed by atoms with Crippen molar-refractivity contribution in [3.63, 3.8) is 0 Å². The second-order valence-corrected chi connectivity index (χ2v) is 9.85. The molecule has 1 saturated heterocycles. The monoisotopic (exact) mass is 560 g/mol. The summed E-state index contributed by atoms with van der Waals surface area (Å²) in [7, 11) is 0. The number of rotatable bonds is 12. The molecule has 0 saturated carbocycles. The molecule has 12 heteroatoms. The largest absolute Gasteiger partial charge is 0.484 e. The van der Waals surface area contributed by atoms with Gasteiger partial charge in [0.25, 0.3) is 11.8 Å². The predicted octanol–water partition coefficient (Wildman–Crippen LogP) is 2.10. The summed E-state index contributed by atoms with van der Waals surface area (Å²) in [5.74, 6) is -1.54. The number of amides is 5. The van der Waals surface area contributed by atoms with E-state index in [-0.39, 0.29) is 38.8 Å². The highest BCUT2D eigenvalue weighted by Gasteiger charge is 2.46. The number of nitrogens with one attached hydrogen (secondary N) is 2. The Labute approximate surface area is 231 Å². The smallest absolute Gasteiger partial charge is 0.325 e. The van der Waals surface area contributed by atoms with E-state index in [1.165, 1.54) is 4.90 Å². The molecule has 1 aliphatic heterocycles. The molecule has 11 nitrogen and oxygen atoms in total. The zero-order chi connectivity index (χ0) is 28.7. The Balaban J connectivity index is 1.69. The minimum absolute atomic E-state index is 0.0785. The van der Waals surface area contributed by atoms with Gasteiger partial charge in [0.15, 0.2) is 6.61 Å². The molecule has 210 valence electrons. The van der Waals surface area contributed by atoms with Gasteiger partial charge in [-0.1, -0.05) is 43.6 Å². The van der Waals surface area contributed by atoms with E-state index in [4.69, 9.17) is 26.6 Å². The van der Waals surface area contributed by atoms with Crippen LogP contribution in [0.2, 0.25) is 5.02 Å². The third kappa shape index (κ3) is 7.25. The summed E-state index contributed by atoms with van der Waals surface area (Å²) in [5.41, 5.74) is 1.77. The van der Waals surface area contributed by atoms with Crippen molar-refractivity contribution < 1.29 is 34.1 Å². The van der Waals surface area contributed by atoms with Crippen molar-refractivity contribution >= 4 is 41.0 Å². The normalized spacial score (nSPS) is 15.8. The van der Waals surface area contributed by atoms with E-state index in [0.717, 1.165) is 10.5 Å². The summed E-state index contributed by atoms with van der Waals surface area (Å²) in [6, 6.07) is 8.67. The molecule has 1 heterocycles. The molecule has 1 fully saturated rings. The molecule has 2 atom stereocenters. The number of carbonyl (C=O) groups excluding carboxylic acids is 4. The molecule has 1 aliphatic rings. The first-order valence-corrected chi connectivity index (χ1v) is 12.9. The van der Waals surface area contributed by atoms with Crippen LogP contribution in [0.25, 0.3) is 0 Å². The van der Waals surface area contributed by atoms with Gasteiger partial charge in [0.05, 0.1) is 23.9 Å². The zero-order valence-electron chi connectivity index (χ0n) is 22.0. The summed E-state index contributed by atoms with van der Waals surface area (Å²) in [4.78, 5) is 53.9. The lowest BCUT2D eigenvalue weighted by Crippen LogP contribution is -2.50. The van der Waals surface area contributed by atoms with Gasteiger partial charge in [0.1, 0.15) is 17.8 Å². The van der Waals surface area contributed by atoms with Gasteiger partial charge in [-0.3, -0.25) is 14.4 Å². The molecule has 5 amide bonds. The summed E-state index contributed by atoms with van der Waals surface area (Å²) in [6.45, 7) is 4.73. The summed E-state index contributed by atoms with van der Waals surface area (Å²) in [6.07, 6.45) is 0. The van der Waals surface area contributed by atoms with Crippen LogP contribution in [-0.2, 0) is 14.4 Å². The molecule has 0 aromatic heterocycles. The lowest BCUT2D eigenvalue weighted by molar-refractivity contribution is -0.135. The van der Waals surface area contributed by atoms with Crippen molar-refractivity contribution in [2.75, 3.05) is 38.2 Å². The van der Waals surface area contributed by atoms with Crippen LogP contribution in [0.3, 0.4) is 0 Å². The minimum atomic E-state index is -1.07. The molecule has 4 N–H and O–H groups in total. The summed E-state index contributed by atoms with van der Waals surface area (Å²) < 4.78 is 5.50. The fourth-order valence-electron chi connectivity index (χ4n) is 4.23. The van der Waals surface area contributed by atoms with Gasteiger partial charge in [-0.15, -0.1) is 0 Å². The number of aliphatic hydroxyl groups excluding tert-OH is 2. The molecule has 39 heavy (non-hydrogen) atoms. The van der Waals surface area contributed by atoms with Gasteiger partial charge in [-0.05, 0) is 48.2 Å². The van der Waals surface area contributed by atoms with Crippen LogP contribution < -0.4 is 15.4 Å². The highest BCUT2D eigenvalue weighted by Crippen LogP contribution is 2.29. The summed E-state index contributed by atoms with van der Waals surface area (Å²) in [5, 5.41) is 23.8. The standard InChI is InChI=1S/C27H33ClN4O7/c1-16(2)24(25(36)29-21-9-4-17(3)14-20(21)28)32-26(37)23(30-27(32)38)18-5-7-19(8-6-18)39-15-22(35)31(10-12-33)11-13-34/h4-9,14,16,23-24,33-34H,10-13,15H2,1-3H3,(H,29,36)(H,30,38)/t23-,24?/m1/s1. The first-order chi connectivity index (χ1) is 18.6. The number of urea groups is 1. The van der Waals surface area contributed by atoms with Gasteiger partial charge in [-0.2, -0.15) is 0 Å². The number of aryl methyl sites for hydroxylation is 1. The van der Waals surface area contributed by atoms with E-state index >= 15 is 0 Å². The van der Waals surface area contributed by atoms with Gasteiger partial charge in [0.2, 0.25) is 5.91 Å². The van der Waals surface area contributed by atoms with E-state index in [0.29, 0.717) is 22.0 Å². The van der Waals surface area contributed by atoms with Crippen LogP contribution in [0.5, 0.6) is 5.75 Å². The van der Waals surface area contributed by atoms with Crippen LogP contribution in [0.1, 0.15) is 31.0 Å². The maximum absolute atomic E-state index is 13.3. The van der Waals surface area contributed by atoms with Crippen LogP contribution >= 0.6 is 11.6 Å². The molecule has 2 aromatic carbocycles. The van der Waals surface area contributed by atoms with Crippen molar-refractivity contribution in [3.05, 3.63) is 58.6 Å². The number of anilines is 1. The number of benzene rings is 2. The van der Waals surface area contributed by atoms with Crippen LogP contribution in [0.15, 0.2) is 42.5 Å². The van der Waals surface area contributed by atoms with E-state index in [2.05, 4.69) is 10.6 Å². The highest BCUT2D eigenvalue weighted by atomic mass is 35.5. The Bertz CT molecular complexity index is 1200. The third-order valence-electron chi connectivity index (χ3n) is 6.20. The van der Waals surface area contributed by atoms with Crippen molar-refractivity contribution in [2.45, 2.75) is 32.9 Å². The number of carbonyl (C=O) groups is 4. The molecule has 0 spiro atoms. The van der Waals surface area contributed by atoms with E-state index < -0.39 is 35.8 Å². The van der Waals surface area contributed by atoms with E-state index in [1.54, 1.807) is 56.3 Å². The van der Waals surface area contributed by atoms with Crippen molar-refractivity contribution in [1.82, 2.24) is 15.1 Å². The third-order valence-corrected chi connectivity index (χ3v) is 6.51. The second-order valence-electron chi connectivity index (χ2n) is 9.44. The van der Waals surface area contributed by atoms with Gasteiger partial charge in [0, 0.05) is 13.1 Å². The molecular formula is C27H33ClN4O7. The zero-order valence-corrected chi connectivity index (χ0v) is 22.8. The number of hydrogen-bond donors (Lipinski definition) is 4. The Kier molecular flexibility index (Phi) is 10.3. The molecule has 0 bridgehead atoms. The fraction of sp³-hybridized carbons (Fsp3) is 0.407. The molecular weight excluding hydrogens is 528 g/mol. The number of aliphatic hydroxyl groups is 2. The number of halogens is 1. The number of hydrogen-bond acceptors (Lipinski definition) is 7. The highest BCUT2D eigenvalue weighted by molar-refractivity contribution is 6.33. The molecule has 1 unspecified atom stereocenters. The van der Waals surface area contributed by atoms with Crippen LogP contribution in [0.4, 0.5) is 10.5 Å². The minimum Gasteiger partial charge on any atom is -0.484 e. The SMILES string of the molecule is Cc1ccc(NC(=O)C(C(C)C)N2C(=O)N[C@H](c3ccc(OCC(=O)N(CCO)CCO)cc3)C2=O)c(Cl)c1. The fourth-order valence-corrected chi connectivity index (χ4v) is 4.51. The van der Waals surface area contributed by atoms with Crippen molar-refractivity contribution in [3.8, 4) is 5.75 Å². The molecule has 3 rings (SSSR count). The lowest BCUT2D eigenvalue weighted by Gasteiger charge is -2.27. The maximum Gasteiger partial charge on any atom is 0.325 e. The number of nitrogens with zero attached hydrogens (tertiary/aromatic N) is 2. The summed E-state index contributed by atoms with van der Waals surface area (Å²) >= 11 is 6.25. The van der Waals surface area contributed by atoms with E-state index in [9.17, 15) is 19.2 Å². The molecule has 2 aromatic rings. The van der Waals surface area contributed by atoms with Crippen molar-refractivity contribution in [2.24, 2.45) is 5.92 Å². The molecule has 0 radical (unpaired) electrons. The van der Waals surface area contributed by atoms with Gasteiger partial charge in [-0.25, -0.2) is 9.69 Å². The van der Waals surface area contributed by atoms with Gasteiger partial charge >= 0.3 is 6.03 Å². The number of imide groups is 1. The second kappa shape index (κ2) is 13.4. The first-order valence-electron chi connectivity index (χ1n) is 12.5. The average molecular weight is 561 g/mol. The van der Waals surface area contributed by atoms with Gasteiger partial charge < -0.3 is 30.5 Å².